The zero-order valence-electron chi connectivity index (χ0n) is 11.4. The maximum Gasteiger partial charge on any atom is 0.178 e. The van der Waals surface area contributed by atoms with Crippen molar-refractivity contribution in [2.24, 2.45) is 0 Å². The van der Waals surface area contributed by atoms with E-state index in [1.54, 1.807) is 11.3 Å². The molecule has 0 bridgehead atoms. The van der Waals surface area contributed by atoms with Crippen LogP contribution >= 0.6 is 23.6 Å². The Kier molecular flexibility index (Phi) is 3.91. The van der Waals surface area contributed by atoms with Gasteiger partial charge in [-0.1, -0.05) is 19.4 Å². The third-order valence-electron chi connectivity index (χ3n) is 3.49. The molecule has 0 saturated carbocycles. The Morgan fingerprint density at radius 2 is 2.19 bits per heavy atom. The van der Waals surface area contributed by atoms with Gasteiger partial charge >= 0.3 is 0 Å². The first-order valence-corrected chi connectivity index (χ1v) is 8.03. The lowest BCUT2D eigenvalue weighted by Gasteiger charge is -2.17. The number of hydrogen-bond donors (Lipinski definition) is 1. The van der Waals surface area contributed by atoms with E-state index in [0.717, 1.165) is 23.8 Å². The third-order valence-corrected chi connectivity index (χ3v) is 4.76. The van der Waals surface area contributed by atoms with Crippen molar-refractivity contribution in [1.82, 2.24) is 9.55 Å². The number of fused-ring (bicyclic) bond motifs is 1. The zero-order chi connectivity index (χ0) is 15.0. The monoisotopic (exact) mass is 324 g/mol. The van der Waals surface area contributed by atoms with Crippen LogP contribution in [0.2, 0.25) is 0 Å². The van der Waals surface area contributed by atoms with Gasteiger partial charge in [0, 0.05) is 10.9 Å². The predicted octanol–water partition coefficient (Wildman–Crippen LogP) is 5.43. The van der Waals surface area contributed by atoms with Crippen LogP contribution in [0.25, 0.3) is 11.0 Å². The number of rotatable bonds is 4. The summed E-state index contributed by atoms with van der Waals surface area (Å²) in [7, 11) is 0. The molecule has 2 nitrogen and oxygen atoms in total. The fraction of sp³-hybridized carbons (Fsp3) is 0.267. The van der Waals surface area contributed by atoms with Crippen molar-refractivity contribution in [1.29, 1.82) is 0 Å². The molecule has 3 rings (SSSR count). The predicted molar refractivity (Wildman–Crippen MR) is 84.4 cm³/mol. The van der Waals surface area contributed by atoms with Gasteiger partial charge < -0.3 is 9.55 Å². The van der Waals surface area contributed by atoms with Crippen LogP contribution in [0.4, 0.5) is 8.78 Å². The maximum absolute atomic E-state index is 13.9. The van der Waals surface area contributed by atoms with Gasteiger partial charge in [0.1, 0.15) is 11.3 Å². The van der Waals surface area contributed by atoms with E-state index in [2.05, 4.69) is 11.9 Å². The van der Waals surface area contributed by atoms with E-state index in [1.165, 1.54) is 6.07 Å². The molecule has 0 fully saturated rings. The summed E-state index contributed by atoms with van der Waals surface area (Å²) in [5, 5.41) is 2.00. The van der Waals surface area contributed by atoms with Gasteiger partial charge in [-0.05, 0) is 36.2 Å². The Morgan fingerprint density at radius 3 is 2.86 bits per heavy atom. The summed E-state index contributed by atoms with van der Waals surface area (Å²) < 4.78 is 29.7. The Hall–Kier alpha value is -1.53. The lowest BCUT2D eigenvalue weighted by atomic mass is 10.1. The molecule has 0 saturated heterocycles. The molecule has 0 spiro atoms. The smallest absolute Gasteiger partial charge is 0.178 e. The molecule has 0 aliphatic heterocycles. The molecule has 0 amide bonds. The van der Waals surface area contributed by atoms with Crippen molar-refractivity contribution < 1.29 is 8.78 Å². The van der Waals surface area contributed by atoms with E-state index in [9.17, 15) is 8.78 Å². The summed E-state index contributed by atoms with van der Waals surface area (Å²) >= 11 is 6.97. The van der Waals surface area contributed by atoms with Crippen molar-refractivity contribution in [2.45, 2.75) is 25.8 Å². The fourth-order valence-electron chi connectivity index (χ4n) is 2.61. The van der Waals surface area contributed by atoms with Crippen LogP contribution < -0.4 is 0 Å². The van der Waals surface area contributed by atoms with Gasteiger partial charge in [-0.2, -0.15) is 0 Å². The number of aromatic amines is 1. The normalized spacial score (nSPS) is 12.9. The summed E-state index contributed by atoms with van der Waals surface area (Å²) in [6.07, 6.45) is 1.81. The van der Waals surface area contributed by atoms with Crippen LogP contribution in [-0.2, 0) is 0 Å². The van der Waals surface area contributed by atoms with Gasteiger partial charge in [-0.3, -0.25) is 0 Å². The molecule has 1 atom stereocenters. The quantitative estimate of drug-likeness (QED) is 0.635. The second-order valence-electron chi connectivity index (χ2n) is 4.90. The van der Waals surface area contributed by atoms with Gasteiger partial charge in [0.25, 0.3) is 0 Å². The number of halogens is 2. The van der Waals surface area contributed by atoms with Gasteiger partial charge in [0.05, 0.1) is 11.6 Å². The molecule has 2 aromatic heterocycles. The molecule has 0 aliphatic carbocycles. The van der Waals surface area contributed by atoms with E-state index < -0.39 is 11.6 Å². The molecule has 2 heterocycles. The third kappa shape index (κ3) is 2.53. The van der Waals surface area contributed by atoms with Gasteiger partial charge in [-0.25, -0.2) is 8.78 Å². The Morgan fingerprint density at radius 1 is 1.38 bits per heavy atom. The number of aromatic nitrogens is 2. The number of imidazole rings is 1. The lowest BCUT2D eigenvalue weighted by Crippen LogP contribution is -2.09. The molecule has 6 heteroatoms. The Bertz CT molecular complexity index is 818. The number of H-pyrrole nitrogens is 1. The standard InChI is InChI=1S/C15H14F2N2S2/c1-2-4-11(13-5-3-6-21-13)19-12-8-9(16)7-10(17)14(12)18-15(19)20/h3,5-8,11H,2,4H2,1H3,(H,18,20). The molecular weight excluding hydrogens is 310 g/mol. The molecule has 21 heavy (non-hydrogen) atoms. The molecule has 110 valence electrons. The van der Waals surface area contributed by atoms with Crippen molar-refractivity contribution in [3.05, 3.63) is 50.9 Å². The molecule has 0 radical (unpaired) electrons. The topological polar surface area (TPSA) is 20.7 Å². The van der Waals surface area contributed by atoms with Crippen LogP contribution in [-0.4, -0.2) is 9.55 Å². The Labute approximate surface area is 130 Å². The summed E-state index contributed by atoms with van der Waals surface area (Å²) in [6.45, 7) is 2.08. The Balaban J connectivity index is 2.27. The number of nitrogens with one attached hydrogen (secondary N) is 1. The highest BCUT2D eigenvalue weighted by Gasteiger charge is 2.20. The van der Waals surface area contributed by atoms with Crippen molar-refractivity contribution in [3.8, 4) is 0 Å². The van der Waals surface area contributed by atoms with Crippen LogP contribution in [0.1, 0.15) is 30.7 Å². The summed E-state index contributed by atoms with van der Waals surface area (Å²) in [5.41, 5.74) is 0.739. The number of nitrogens with zero attached hydrogens (tertiary/aromatic N) is 1. The van der Waals surface area contributed by atoms with Crippen LogP contribution in [0.15, 0.2) is 29.6 Å². The van der Waals surface area contributed by atoms with E-state index in [4.69, 9.17) is 12.2 Å². The second kappa shape index (κ2) is 5.69. The first-order chi connectivity index (χ1) is 10.1. The zero-order valence-corrected chi connectivity index (χ0v) is 13.0. The average Bonchev–Trinajstić information content (AvgIpc) is 3.05. The molecule has 0 aliphatic rings. The van der Waals surface area contributed by atoms with Gasteiger partial charge in [-0.15, -0.1) is 11.3 Å². The molecule has 1 aromatic carbocycles. The minimum atomic E-state index is -0.615. The average molecular weight is 324 g/mol. The summed E-state index contributed by atoms with van der Waals surface area (Å²) in [6, 6.07) is 6.21. The highest BCUT2D eigenvalue weighted by molar-refractivity contribution is 7.71. The van der Waals surface area contributed by atoms with Crippen LogP contribution in [0, 0.1) is 16.4 Å². The fourth-order valence-corrected chi connectivity index (χ4v) is 3.79. The largest absolute Gasteiger partial charge is 0.328 e. The highest BCUT2D eigenvalue weighted by atomic mass is 32.1. The van der Waals surface area contributed by atoms with Gasteiger partial charge in [0.15, 0.2) is 10.6 Å². The van der Waals surface area contributed by atoms with Crippen LogP contribution in [0.5, 0.6) is 0 Å². The molecule has 1 unspecified atom stereocenters. The van der Waals surface area contributed by atoms with E-state index in [0.29, 0.717) is 10.3 Å². The SMILES string of the molecule is CCCC(c1cccs1)n1c(=S)[nH]c2c(F)cc(F)cc21. The number of benzene rings is 1. The minimum absolute atomic E-state index is 0.00236. The summed E-state index contributed by atoms with van der Waals surface area (Å²) in [4.78, 5) is 4.00. The summed E-state index contributed by atoms with van der Waals surface area (Å²) in [5.74, 6) is -1.21. The lowest BCUT2D eigenvalue weighted by molar-refractivity contribution is 0.546. The minimum Gasteiger partial charge on any atom is -0.328 e. The molecule has 1 N–H and O–H groups in total. The first kappa shape index (κ1) is 14.4. The van der Waals surface area contributed by atoms with Crippen molar-refractivity contribution in [2.75, 3.05) is 0 Å². The first-order valence-electron chi connectivity index (χ1n) is 6.74. The van der Waals surface area contributed by atoms with E-state index >= 15 is 0 Å². The highest BCUT2D eigenvalue weighted by Crippen LogP contribution is 2.32. The molecule has 3 aromatic rings. The van der Waals surface area contributed by atoms with E-state index in [1.807, 2.05) is 22.1 Å². The van der Waals surface area contributed by atoms with Gasteiger partial charge in [0.2, 0.25) is 0 Å². The number of thiophene rings is 1. The maximum atomic E-state index is 13.9. The molecular formula is C15H14F2N2S2. The number of hydrogen-bond acceptors (Lipinski definition) is 2. The van der Waals surface area contributed by atoms with E-state index in [-0.39, 0.29) is 11.6 Å². The van der Waals surface area contributed by atoms with Crippen molar-refractivity contribution >= 4 is 34.6 Å². The van der Waals surface area contributed by atoms with Crippen LogP contribution in [0.3, 0.4) is 0 Å². The van der Waals surface area contributed by atoms with Crippen molar-refractivity contribution in [3.63, 3.8) is 0 Å². The second-order valence-corrected chi connectivity index (χ2v) is 6.27.